The molecule has 178 valence electrons. The van der Waals surface area contributed by atoms with Gasteiger partial charge in [-0.2, -0.15) is 0 Å². The second-order valence-corrected chi connectivity index (χ2v) is 8.25. The lowest BCUT2D eigenvalue weighted by Gasteiger charge is -2.19. The van der Waals surface area contributed by atoms with Gasteiger partial charge in [-0.25, -0.2) is 4.79 Å². The van der Waals surface area contributed by atoms with Gasteiger partial charge < -0.3 is 19.5 Å². The number of fused-ring (bicyclic) bond motifs is 1. The van der Waals surface area contributed by atoms with Crippen LogP contribution in [0.2, 0.25) is 0 Å². The zero-order valence-electron chi connectivity index (χ0n) is 19.0. The summed E-state index contributed by atoms with van der Waals surface area (Å²) in [6.45, 7) is -0.524. The fourth-order valence-electron chi connectivity index (χ4n) is 4.49. The summed E-state index contributed by atoms with van der Waals surface area (Å²) in [5.74, 6) is -1.33. The van der Waals surface area contributed by atoms with E-state index in [9.17, 15) is 19.2 Å². The third-order valence-electron chi connectivity index (χ3n) is 6.20. The Hall–Kier alpha value is -3.88. The number of imide groups is 1. The molecule has 1 heterocycles. The van der Waals surface area contributed by atoms with Crippen molar-refractivity contribution in [3.8, 4) is 11.5 Å². The number of carbonyl (C=O) groups excluding carboxylic acids is 4. The predicted octanol–water partition coefficient (Wildman–Crippen LogP) is 3.18. The highest BCUT2D eigenvalue weighted by Crippen LogP contribution is 2.40. The van der Waals surface area contributed by atoms with Crippen molar-refractivity contribution in [2.45, 2.75) is 25.7 Å². The van der Waals surface area contributed by atoms with E-state index in [0.29, 0.717) is 35.7 Å². The van der Waals surface area contributed by atoms with Crippen LogP contribution in [-0.4, -0.2) is 44.5 Å². The van der Waals surface area contributed by atoms with Gasteiger partial charge in [0.1, 0.15) is 11.5 Å². The van der Waals surface area contributed by atoms with Gasteiger partial charge in [0, 0.05) is 6.07 Å². The monoisotopic (exact) mass is 466 g/mol. The van der Waals surface area contributed by atoms with Crippen LogP contribution in [0.5, 0.6) is 11.5 Å². The topological polar surface area (TPSA) is 111 Å². The van der Waals surface area contributed by atoms with Gasteiger partial charge in [0.2, 0.25) is 11.8 Å². The highest BCUT2D eigenvalue weighted by atomic mass is 16.5. The van der Waals surface area contributed by atoms with Crippen LogP contribution >= 0.6 is 0 Å². The first kappa shape index (κ1) is 23.3. The number of amides is 3. The van der Waals surface area contributed by atoms with Crippen LogP contribution in [-0.2, 0) is 19.1 Å². The number of hydrogen-bond acceptors (Lipinski definition) is 7. The maximum absolute atomic E-state index is 12.8. The second kappa shape index (κ2) is 9.94. The maximum atomic E-state index is 12.8. The number of nitrogens with zero attached hydrogens (tertiary/aromatic N) is 1. The van der Waals surface area contributed by atoms with Crippen molar-refractivity contribution in [1.82, 2.24) is 0 Å². The standard InChI is InChI=1S/C25H26N2O7/c1-32-17-10-11-20(21(13-17)33-2)26-22(28)14-34-25(31)15-6-5-7-16(12-15)27-23(29)18-8-3-4-9-19(18)24(27)30/h5-7,10-13,18-19H,3-4,8-9,14H2,1-2H3,(H,26,28)/t18-,19-/m0/s1. The summed E-state index contributed by atoms with van der Waals surface area (Å²) in [4.78, 5) is 51.7. The van der Waals surface area contributed by atoms with E-state index in [1.807, 2.05) is 0 Å². The molecule has 1 aliphatic heterocycles. The average Bonchev–Trinajstić information content (AvgIpc) is 3.12. The summed E-state index contributed by atoms with van der Waals surface area (Å²) in [7, 11) is 2.98. The maximum Gasteiger partial charge on any atom is 0.338 e. The number of benzene rings is 2. The molecule has 2 atom stereocenters. The highest BCUT2D eigenvalue weighted by molar-refractivity contribution is 6.22. The molecule has 1 N–H and O–H groups in total. The number of esters is 1. The Morgan fingerprint density at radius 1 is 0.971 bits per heavy atom. The van der Waals surface area contributed by atoms with Crippen LogP contribution in [0.1, 0.15) is 36.0 Å². The third kappa shape index (κ3) is 4.59. The zero-order chi connectivity index (χ0) is 24.2. The number of carbonyl (C=O) groups is 4. The van der Waals surface area contributed by atoms with Gasteiger partial charge in [0.15, 0.2) is 6.61 Å². The average molecular weight is 466 g/mol. The van der Waals surface area contributed by atoms with Gasteiger partial charge in [0.05, 0.1) is 43.0 Å². The summed E-state index contributed by atoms with van der Waals surface area (Å²) < 4.78 is 15.5. The molecule has 0 unspecified atom stereocenters. The molecule has 2 aromatic carbocycles. The molecule has 0 bridgehead atoms. The molecule has 9 nitrogen and oxygen atoms in total. The molecule has 2 aliphatic rings. The molecule has 1 saturated carbocycles. The minimum absolute atomic E-state index is 0.141. The summed E-state index contributed by atoms with van der Waals surface area (Å²) in [6, 6.07) is 11.0. The summed E-state index contributed by atoms with van der Waals surface area (Å²) in [5.41, 5.74) is 0.882. The van der Waals surface area contributed by atoms with Gasteiger partial charge >= 0.3 is 5.97 Å². The molecule has 9 heteroatoms. The van der Waals surface area contributed by atoms with E-state index >= 15 is 0 Å². The number of rotatable bonds is 7. The van der Waals surface area contributed by atoms with E-state index in [2.05, 4.69) is 5.32 Å². The van der Waals surface area contributed by atoms with Crippen molar-refractivity contribution in [2.24, 2.45) is 11.8 Å². The lowest BCUT2D eigenvalue weighted by molar-refractivity contribution is -0.122. The van der Waals surface area contributed by atoms with Crippen LogP contribution in [0.25, 0.3) is 0 Å². The van der Waals surface area contributed by atoms with Crippen LogP contribution in [0.3, 0.4) is 0 Å². The molecular weight excluding hydrogens is 440 g/mol. The Balaban J connectivity index is 1.40. The predicted molar refractivity (Wildman–Crippen MR) is 123 cm³/mol. The normalized spacial score (nSPS) is 19.4. The Morgan fingerprint density at radius 3 is 2.32 bits per heavy atom. The number of methoxy groups -OCH3 is 2. The molecule has 1 saturated heterocycles. The molecule has 34 heavy (non-hydrogen) atoms. The molecule has 2 fully saturated rings. The van der Waals surface area contributed by atoms with Gasteiger partial charge in [-0.05, 0) is 43.2 Å². The Labute approximate surface area is 197 Å². The minimum Gasteiger partial charge on any atom is -0.497 e. The summed E-state index contributed by atoms with van der Waals surface area (Å²) in [5, 5.41) is 2.62. The zero-order valence-corrected chi connectivity index (χ0v) is 19.0. The van der Waals surface area contributed by atoms with Crippen molar-refractivity contribution >= 4 is 35.1 Å². The first-order valence-electron chi connectivity index (χ1n) is 11.1. The van der Waals surface area contributed by atoms with Gasteiger partial charge in [-0.1, -0.05) is 18.9 Å². The summed E-state index contributed by atoms with van der Waals surface area (Å²) in [6.07, 6.45) is 3.29. The molecule has 0 spiro atoms. The highest BCUT2D eigenvalue weighted by Gasteiger charge is 2.48. The summed E-state index contributed by atoms with van der Waals surface area (Å²) >= 11 is 0. The van der Waals surface area contributed by atoms with Gasteiger partial charge in [-0.3, -0.25) is 19.3 Å². The van der Waals surface area contributed by atoms with Gasteiger partial charge in [-0.15, -0.1) is 0 Å². The molecule has 1 aliphatic carbocycles. The van der Waals surface area contributed by atoms with Gasteiger partial charge in [0.25, 0.3) is 5.91 Å². The van der Waals surface area contributed by atoms with Crippen LogP contribution in [0.4, 0.5) is 11.4 Å². The van der Waals surface area contributed by atoms with Crippen LogP contribution in [0.15, 0.2) is 42.5 Å². The van der Waals surface area contributed by atoms with Crippen LogP contribution < -0.4 is 19.7 Å². The number of ether oxygens (including phenoxy) is 3. The lowest BCUT2D eigenvalue weighted by Crippen LogP contribution is -2.31. The van der Waals surface area contributed by atoms with Crippen molar-refractivity contribution < 1.29 is 33.4 Å². The number of nitrogens with one attached hydrogen (secondary N) is 1. The van der Waals surface area contributed by atoms with E-state index in [4.69, 9.17) is 14.2 Å². The molecule has 0 aromatic heterocycles. The van der Waals surface area contributed by atoms with E-state index in [0.717, 1.165) is 12.8 Å². The largest absolute Gasteiger partial charge is 0.497 e. The molecule has 2 aromatic rings. The van der Waals surface area contributed by atoms with E-state index in [1.54, 1.807) is 30.3 Å². The van der Waals surface area contributed by atoms with Crippen molar-refractivity contribution in [1.29, 1.82) is 0 Å². The Kier molecular flexibility index (Phi) is 6.81. The molecular formula is C25H26N2O7. The second-order valence-electron chi connectivity index (χ2n) is 8.25. The van der Waals surface area contributed by atoms with Crippen LogP contribution in [0, 0.1) is 11.8 Å². The van der Waals surface area contributed by atoms with E-state index in [-0.39, 0.29) is 29.2 Å². The fourth-order valence-corrected chi connectivity index (χ4v) is 4.49. The quantitative estimate of drug-likeness (QED) is 0.493. The Bertz CT molecular complexity index is 1110. The van der Waals surface area contributed by atoms with Crippen molar-refractivity contribution in [3.63, 3.8) is 0 Å². The lowest BCUT2D eigenvalue weighted by atomic mass is 9.81. The minimum atomic E-state index is -0.741. The molecule has 4 rings (SSSR count). The molecule has 0 radical (unpaired) electrons. The first-order chi connectivity index (χ1) is 16.4. The Morgan fingerprint density at radius 2 is 1.68 bits per heavy atom. The smallest absolute Gasteiger partial charge is 0.338 e. The number of anilines is 2. The third-order valence-corrected chi connectivity index (χ3v) is 6.20. The van der Waals surface area contributed by atoms with Crippen molar-refractivity contribution in [3.05, 3.63) is 48.0 Å². The molecule has 3 amide bonds. The van der Waals surface area contributed by atoms with E-state index in [1.165, 1.54) is 31.3 Å². The van der Waals surface area contributed by atoms with E-state index < -0.39 is 18.5 Å². The fraction of sp³-hybridized carbons (Fsp3) is 0.360. The SMILES string of the molecule is COc1ccc(NC(=O)COC(=O)c2cccc(N3C(=O)[C@H]4CCCC[C@@H]4C3=O)c2)c(OC)c1. The first-order valence-corrected chi connectivity index (χ1v) is 11.1. The number of hydrogen-bond donors (Lipinski definition) is 1. The van der Waals surface area contributed by atoms with Crippen molar-refractivity contribution in [2.75, 3.05) is 31.0 Å².